The molecule has 0 radical (unpaired) electrons. The predicted molar refractivity (Wildman–Crippen MR) is 134 cm³/mol. The van der Waals surface area contributed by atoms with Gasteiger partial charge in [0.25, 0.3) is 0 Å². The second kappa shape index (κ2) is 9.31. The molecule has 0 N–H and O–H groups in total. The summed E-state index contributed by atoms with van der Waals surface area (Å²) < 4.78 is 14.7. The molecule has 0 spiro atoms. The van der Waals surface area contributed by atoms with Crippen LogP contribution in [0.25, 0.3) is 16.7 Å². The number of amides is 1. The number of imidazole rings is 1. The number of ether oxygens (including phenoxy) is 2. The second-order valence-corrected chi connectivity index (χ2v) is 8.56. The SMILES string of the molecule is C=CC(=O)N1CCC(n2c(=O)n(-c3ccc(Oc4cccc(Cl)c4OC)cc3)c3cnccc32)C1. The van der Waals surface area contributed by atoms with Crippen LogP contribution >= 0.6 is 11.6 Å². The highest BCUT2D eigenvalue weighted by molar-refractivity contribution is 6.32. The van der Waals surface area contributed by atoms with Crippen LogP contribution in [0.2, 0.25) is 5.02 Å². The van der Waals surface area contributed by atoms with Crippen molar-refractivity contribution in [2.75, 3.05) is 20.2 Å². The van der Waals surface area contributed by atoms with E-state index in [2.05, 4.69) is 11.6 Å². The topological polar surface area (TPSA) is 78.6 Å². The maximum absolute atomic E-state index is 13.6. The minimum atomic E-state index is -0.184. The van der Waals surface area contributed by atoms with Crippen LogP contribution in [-0.4, -0.2) is 45.1 Å². The number of hydrogen-bond acceptors (Lipinski definition) is 5. The quantitative estimate of drug-likeness (QED) is 0.369. The molecule has 0 bridgehead atoms. The first kappa shape index (κ1) is 22.7. The van der Waals surface area contributed by atoms with Crippen LogP contribution in [-0.2, 0) is 4.79 Å². The summed E-state index contributed by atoms with van der Waals surface area (Å²) in [5.41, 5.74) is 1.95. The number of benzene rings is 2. The molecule has 178 valence electrons. The van der Waals surface area contributed by atoms with E-state index >= 15 is 0 Å². The third-order valence-corrected chi connectivity index (χ3v) is 6.45. The largest absolute Gasteiger partial charge is 0.491 e. The number of carbonyl (C=O) groups excluding carboxylic acids is 1. The fourth-order valence-electron chi connectivity index (χ4n) is 4.51. The lowest BCUT2D eigenvalue weighted by Gasteiger charge is -2.15. The molecule has 2 aromatic heterocycles. The molecule has 1 aliphatic rings. The number of methoxy groups -OCH3 is 1. The van der Waals surface area contributed by atoms with Crippen molar-refractivity contribution in [2.45, 2.75) is 12.5 Å². The summed E-state index contributed by atoms with van der Waals surface area (Å²) >= 11 is 6.19. The van der Waals surface area contributed by atoms with Crippen molar-refractivity contribution in [3.05, 3.63) is 89.1 Å². The van der Waals surface area contributed by atoms with Gasteiger partial charge < -0.3 is 14.4 Å². The number of pyridine rings is 1. The summed E-state index contributed by atoms with van der Waals surface area (Å²) in [6.07, 6.45) is 5.34. The third-order valence-electron chi connectivity index (χ3n) is 6.15. The molecule has 1 atom stereocenters. The Morgan fingerprint density at radius 2 is 1.97 bits per heavy atom. The molecule has 0 saturated carbocycles. The van der Waals surface area contributed by atoms with Crippen LogP contribution in [0.15, 0.2) is 78.4 Å². The Hall–Kier alpha value is -4.04. The highest BCUT2D eigenvalue weighted by Crippen LogP contribution is 2.37. The first-order chi connectivity index (χ1) is 17.0. The van der Waals surface area contributed by atoms with Crippen LogP contribution in [0.1, 0.15) is 12.5 Å². The van der Waals surface area contributed by atoms with Crippen molar-refractivity contribution >= 4 is 28.5 Å². The Labute approximate surface area is 206 Å². The Kier molecular flexibility index (Phi) is 6.05. The zero-order valence-electron chi connectivity index (χ0n) is 19.1. The Balaban J connectivity index is 1.50. The predicted octanol–water partition coefficient (Wildman–Crippen LogP) is 4.60. The molecule has 3 heterocycles. The van der Waals surface area contributed by atoms with Crippen molar-refractivity contribution in [3.8, 4) is 22.9 Å². The van der Waals surface area contributed by atoms with E-state index in [9.17, 15) is 9.59 Å². The first-order valence-corrected chi connectivity index (χ1v) is 11.5. The zero-order chi connectivity index (χ0) is 24.5. The monoisotopic (exact) mass is 490 g/mol. The summed E-state index contributed by atoms with van der Waals surface area (Å²) in [4.78, 5) is 31.6. The van der Waals surface area contributed by atoms with E-state index in [0.717, 1.165) is 5.52 Å². The number of fused-ring (bicyclic) bond motifs is 1. The molecule has 1 fully saturated rings. The van der Waals surface area contributed by atoms with Gasteiger partial charge in [0.2, 0.25) is 5.91 Å². The average molecular weight is 491 g/mol. The van der Waals surface area contributed by atoms with Gasteiger partial charge in [-0.2, -0.15) is 0 Å². The minimum absolute atomic E-state index is 0.127. The number of likely N-dealkylation sites (tertiary alicyclic amines) is 1. The van der Waals surface area contributed by atoms with E-state index in [-0.39, 0.29) is 17.6 Å². The van der Waals surface area contributed by atoms with Crippen molar-refractivity contribution in [3.63, 3.8) is 0 Å². The molecule has 1 saturated heterocycles. The lowest BCUT2D eigenvalue weighted by atomic mass is 10.2. The molecule has 1 aliphatic heterocycles. The highest BCUT2D eigenvalue weighted by atomic mass is 35.5. The standard InChI is InChI=1S/C26H23ClN4O4/c1-3-24(32)29-14-12-18(16-29)31-21-11-13-28-15-22(21)30(26(31)33)17-7-9-19(10-8-17)35-23-6-4-5-20(27)25(23)34-2/h3-11,13,15,18H,1,12,14,16H2,2H3. The molecular weight excluding hydrogens is 468 g/mol. The van der Waals surface area contributed by atoms with Gasteiger partial charge >= 0.3 is 5.69 Å². The van der Waals surface area contributed by atoms with Gasteiger partial charge in [0.1, 0.15) is 5.75 Å². The number of aromatic nitrogens is 3. The number of carbonyl (C=O) groups is 1. The van der Waals surface area contributed by atoms with Crippen LogP contribution in [0.3, 0.4) is 0 Å². The lowest BCUT2D eigenvalue weighted by Crippen LogP contribution is -2.31. The van der Waals surface area contributed by atoms with Gasteiger partial charge in [-0.15, -0.1) is 0 Å². The van der Waals surface area contributed by atoms with Crippen LogP contribution in [0.4, 0.5) is 0 Å². The summed E-state index contributed by atoms with van der Waals surface area (Å²) in [5.74, 6) is 1.38. The van der Waals surface area contributed by atoms with Gasteiger partial charge in [-0.3, -0.25) is 18.9 Å². The van der Waals surface area contributed by atoms with Crippen LogP contribution < -0.4 is 15.2 Å². The normalized spacial score (nSPS) is 15.4. The smallest absolute Gasteiger partial charge is 0.334 e. The van der Waals surface area contributed by atoms with Crippen LogP contribution in [0, 0.1) is 0 Å². The highest BCUT2D eigenvalue weighted by Gasteiger charge is 2.30. The van der Waals surface area contributed by atoms with Crippen molar-refractivity contribution in [2.24, 2.45) is 0 Å². The number of hydrogen-bond donors (Lipinski definition) is 0. The zero-order valence-corrected chi connectivity index (χ0v) is 19.8. The van der Waals surface area contributed by atoms with E-state index in [1.54, 1.807) is 56.8 Å². The maximum atomic E-state index is 13.6. The minimum Gasteiger partial charge on any atom is -0.491 e. The fraction of sp³-hybridized carbons (Fsp3) is 0.192. The third kappa shape index (κ3) is 4.06. The summed E-state index contributed by atoms with van der Waals surface area (Å²) in [5, 5.41) is 0.453. The molecule has 5 rings (SSSR count). The molecular formula is C26H23ClN4O4. The second-order valence-electron chi connectivity index (χ2n) is 8.15. The molecule has 1 unspecified atom stereocenters. The molecule has 0 aliphatic carbocycles. The molecule has 2 aromatic carbocycles. The Morgan fingerprint density at radius 3 is 2.71 bits per heavy atom. The first-order valence-electron chi connectivity index (χ1n) is 11.1. The number of rotatable bonds is 6. The summed E-state index contributed by atoms with van der Waals surface area (Å²) in [7, 11) is 1.53. The van der Waals surface area contributed by atoms with E-state index in [1.807, 2.05) is 18.2 Å². The Morgan fingerprint density at radius 1 is 1.17 bits per heavy atom. The number of nitrogens with zero attached hydrogens (tertiary/aromatic N) is 4. The van der Waals surface area contributed by atoms with Crippen molar-refractivity contribution < 1.29 is 14.3 Å². The van der Waals surface area contributed by atoms with Gasteiger partial charge in [0.15, 0.2) is 11.5 Å². The van der Waals surface area contributed by atoms with Gasteiger partial charge in [-0.05, 0) is 55.0 Å². The molecule has 4 aromatic rings. The van der Waals surface area contributed by atoms with Gasteiger partial charge in [0.05, 0.1) is 41.1 Å². The van der Waals surface area contributed by atoms with Gasteiger partial charge in [0, 0.05) is 19.3 Å². The summed E-state index contributed by atoms with van der Waals surface area (Å²) in [6, 6.07) is 14.2. The number of para-hydroxylation sites is 1. The number of halogens is 1. The maximum Gasteiger partial charge on any atom is 0.334 e. The van der Waals surface area contributed by atoms with E-state index in [4.69, 9.17) is 21.1 Å². The van der Waals surface area contributed by atoms with Crippen LogP contribution in [0.5, 0.6) is 17.2 Å². The van der Waals surface area contributed by atoms with E-state index in [1.165, 1.54) is 13.2 Å². The Bertz CT molecular complexity index is 1480. The van der Waals surface area contributed by atoms with E-state index < -0.39 is 0 Å². The molecule has 8 nitrogen and oxygen atoms in total. The lowest BCUT2D eigenvalue weighted by molar-refractivity contribution is -0.125. The van der Waals surface area contributed by atoms with Crippen molar-refractivity contribution in [1.82, 2.24) is 19.0 Å². The van der Waals surface area contributed by atoms with E-state index in [0.29, 0.717) is 53.0 Å². The van der Waals surface area contributed by atoms with Crippen molar-refractivity contribution in [1.29, 1.82) is 0 Å². The molecule has 9 heteroatoms. The summed E-state index contributed by atoms with van der Waals surface area (Å²) in [6.45, 7) is 4.61. The molecule has 1 amide bonds. The van der Waals surface area contributed by atoms with Gasteiger partial charge in [-0.25, -0.2) is 4.79 Å². The average Bonchev–Trinajstić information content (AvgIpc) is 3.46. The molecule has 35 heavy (non-hydrogen) atoms. The fourth-order valence-corrected chi connectivity index (χ4v) is 4.75. The van der Waals surface area contributed by atoms with Gasteiger partial charge in [-0.1, -0.05) is 24.2 Å².